The molecule has 3 rings (SSSR count). The molecule has 4 nitrogen and oxygen atoms in total. The van der Waals surface area contributed by atoms with Crippen LogP contribution in [0.2, 0.25) is 0 Å². The van der Waals surface area contributed by atoms with E-state index in [0.717, 1.165) is 18.8 Å². The van der Waals surface area contributed by atoms with Crippen molar-refractivity contribution >= 4 is 11.6 Å². The Morgan fingerprint density at radius 1 is 1.12 bits per heavy atom. The number of likely N-dealkylation sites (tertiary alicyclic amines) is 2. The Labute approximate surface area is 146 Å². The van der Waals surface area contributed by atoms with Crippen LogP contribution in [0.3, 0.4) is 0 Å². The van der Waals surface area contributed by atoms with Crippen LogP contribution in [0, 0.1) is 0 Å². The summed E-state index contributed by atoms with van der Waals surface area (Å²) < 4.78 is 0. The van der Waals surface area contributed by atoms with Crippen LogP contribution in [-0.2, 0) is 10.2 Å². The van der Waals surface area contributed by atoms with Gasteiger partial charge in [0.25, 0.3) is 0 Å². The van der Waals surface area contributed by atoms with Crippen LogP contribution in [-0.4, -0.2) is 54.5 Å². The number of carbonyl (C=O) groups excluding carboxylic acids is 1. The number of rotatable bonds is 4. The second-order valence-electron chi connectivity index (χ2n) is 8.30. The Morgan fingerprint density at radius 3 is 2.42 bits per heavy atom. The number of carbonyl (C=O) groups is 1. The van der Waals surface area contributed by atoms with Gasteiger partial charge in [-0.05, 0) is 55.5 Å². The minimum Gasteiger partial charge on any atom is -0.325 e. The van der Waals surface area contributed by atoms with Gasteiger partial charge in [0.05, 0.1) is 6.54 Å². The molecular formula is C20H31N3O. The van der Waals surface area contributed by atoms with Crippen molar-refractivity contribution in [1.29, 1.82) is 0 Å². The molecule has 132 valence electrons. The molecule has 2 heterocycles. The first-order chi connectivity index (χ1) is 11.4. The van der Waals surface area contributed by atoms with Gasteiger partial charge in [0.2, 0.25) is 5.91 Å². The van der Waals surface area contributed by atoms with Crippen molar-refractivity contribution in [2.45, 2.75) is 51.5 Å². The van der Waals surface area contributed by atoms with Crippen LogP contribution in [0.4, 0.5) is 5.69 Å². The molecule has 1 N–H and O–H groups in total. The van der Waals surface area contributed by atoms with Gasteiger partial charge in [0, 0.05) is 24.8 Å². The highest BCUT2D eigenvalue weighted by Crippen LogP contribution is 2.24. The van der Waals surface area contributed by atoms with Gasteiger partial charge in [-0.15, -0.1) is 0 Å². The third-order valence-electron chi connectivity index (χ3n) is 5.31. The van der Waals surface area contributed by atoms with E-state index in [1.165, 1.54) is 37.9 Å². The summed E-state index contributed by atoms with van der Waals surface area (Å²) in [6.07, 6.45) is 3.87. The zero-order valence-electron chi connectivity index (χ0n) is 15.3. The smallest absolute Gasteiger partial charge is 0.238 e. The molecule has 1 unspecified atom stereocenters. The molecule has 0 saturated carbocycles. The summed E-state index contributed by atoms with van der Waals surface area (Å²) in [5.41, 5.74) is 2.32. The SMILES string of the molecule is CC(C)(C)c1ccc(NC(=O)CN2CCC(N3CCCC3)C2)cc1. The predicted molar refractivity (Wildman–Crippen MR) is 99.4 cm³/mol. The van der Waals surface area contributed by atoms with Gasteiger partial charge in [-0.1, -0.05) is 32.9 Å². The maximum Gasteiger partial charge on any atom is 0.238 e. The normalized spacial score (nSPS) is 22.9. The maximum absolute atomic E-state index is 12.3. The number of benzene rings is 1. The molecule has 2 aliphatic rings. The fourth-order valence-electron chi connectivity index (χ4n) is 3.82. The molecule has 0 aromatic heterocycles. The quantitative estimate of drug-likeness (QED) is 0.922. The Morgan fingerprint density at radius 2 is 1.79 bits per heavy atom. The Hall–Kier alpha value is -1.39. The van der Waals surface area contributed by atoms with E-state index < -0.39 is 0 Å². The van der Waals surface area contributed by atoms with Gasteiger partial charge >= 0.3 is 0 Å². The summed E-state index contributed by atoms with van der Waals surface area (Å²) in [6, 6.07) is 8.89. The van der Waals surface area contributed by atoms with E-state index in [9.17, 15) is 4.79 Å². The number of amides is 1. The summed E-state index contributed by atoms with van der Waals surface area (Å²) >= 11 is 0. The minimum atomic E-state index is 0.0978. The third-order valence-corrected chi connectivity index (χ3v) is 5.31. The first-order valence-electron chi connectivity index (χ1n) is 9.28. The standard InChI is InChI=1S/C20H31N3O/c1-20(2,3)16-6-8-17(9-7-16)21-19(24)15-22-13-10-18(14-22)23-11-4-5-12-23/h6-9,18H,4-5,10-15H2,1-3H3,(H,21,24). The van der Waals surface area contributed by atoms with Crippen molar-refractivity contribution < 1.29 is 4.79 Å². The van der Waals surface area contributed by atoms with Gasteiger partial charge in [0.1, 0.15) is 0 Å². The average Bonchev–Trinajstić information content (AvgIpc) is 3.17. The molecule has 0 radical (unpaired) electrons. The van der Waals surface area contributed by atoms with E-state index >= 15 is 0 Å². The van der Waals surface area contributed by atoms with Crippen LogP contribution >= 0.6 is 0 Å². The first-order valence-corrected chi connectivity index (χ1v) is 9.28. The van der Waals surface area contributed by atoms with E-state index in [0.29, 0.717) is 12.6 Å². The molecule has 0 bridgehead atoms. The lowest BCUT2D eigenvalue weighted by atomic mass is 9.87. The zero-order valence-corrected chi connectivity index (χ0v) is 15.3. The first kappa shape index (κ1) is 17.4. The Bertz CT molecular complexity index is 555. The summed E-state index contributed by atoms with van der Waals surface area (Å²) in [5.74, 6) is 0.0978. The van der Waals surface area contributed by atoms with Gasteiger partial charge in [-0.3, -0.25) is 14.6 Å². The highest BCUT2D eigenvalue weighted by atomic mass is 16.2. The second-order valence-corrected chi connectivity index (χ2v) is 8.30. The van der Waals surface area contributed by atoms with Gasteiger partial charge in [-0.25, -0.2) is 0 Å². The molecule has 2 fully saturated rings. The predicted octanol–water partition coefficient (Wildman–Crippen LogP) is 3.09. The van der Waals surface area contributed by atoms with Gasteiger partial charge in [-0.2, -0.15) is 0 Å². The lowest BCUT2D eigenvalue weighted by Crippen LogP contribution is -2.37. The molecule has 1 atom stereocenters. The third kappa shape index (κ3) is 4.37. The molecule has 2 saturated heterocycles. The summed E-state index contributed by atoms with van der Waals surface area (Å²) in [5, 5.41) is 3.04. The van der Waals surface area contributed by atoms with Crippen LogP contribution in [0.25, 0.3) is 0 Å². The minimum absolute atomic E-state index is 0.0978. The van der Waals surface area contributed by atoms with Crippen molar-refractivity contribution in [3.8, 4) is 0 Å². The van der Waals surface area contributed by atoms with Crippen LogP contribution in [0.15, 0.2) is 24.3 Å². The van der Waals surface area contributed by atoms with Gasteiger partial charge in [0.15, 0.2) is 0 Å². The van der Waals surface area contributed by atoms with E-state index in [1.807, 2.05) is 12.1 Å². The molecule has 24 heavy (non-hydrogen) atoms. The molecule has 2 aliphatic heterocycles. The highest BCUT2D eigenvalue weighted by Gasteiger charge is 2.29. The van der Waals surface area contributed by atoms with Crippen molar-refractivity contribution in [3.05, 3.63) is 29.8 Å². The van der Waals surface area contributed by atoms with E-state index in [2.05, 4.69) is 48.0 Å². The second kappa shape index (κ2) is 7.24. The largest absolute Gasteiger partial charge is 0.325 e. The highest BCUT2D eigenvalue weighted by molar-refractivity contribution is 5.92. The van der Waals surface area contributed by atoms with E-state index in [-0.39, 0.29) is 11.3 Å². The van der Waals surface area contributed by atoms with Crippen molar-refractivity contribution in [1.82, 2.24) is 9.80 Å². The topological polar surface area (TPSA) is 35.6 Å². The number of hydrogen-bond donors (Lipinski definition) is 1. The number of hydrogen-bond acceptors (Lipinski definition) is 3. The Balaban J connectivity index is 1.47. The number of nitrogens with zero attached hydrogens (tertiary/aromatic N) is 2. The monoisotopic (exact) mass is 329 g/mol. The molecule has 0 spiro atoms. The maximum atomic E-state index is 12.3. The lowest BCUT2D eigenvalue weighted by Gasteiger charge is -2.23. The van der Waals surface area contributed by atoms with Crippen LogP contribution in [0.5, 0.6) is 0 Å². The van der Waals surface area contributed by atoms with Gasteiger partial charge < -0.3 is 5.32 Å². The zero-order chi connectivity index (χ0) is 17.2. The lowest BCUT2D eigenvalue weighted by molar-refractivity contribution is -0.117. The molecule has 1 aromatic carbocycles. The van der Waals surface area contributed by atoms with Crippen LogP contribution in [0.1, 0.15) is 45.6 Å². The average molecular weight is 329 g/mol. The molecule has 0 aliphatic carbocycles. The van der Waals surface area contributed by atoms with Crippen molar-refractivity contribution in [2.24, 2.45) is 0 Å². The summed E-state index contributed by atoms with van der Waals surface area (Å²) in [7, 11) is 0. The van der Waals surface area contributed by atoms with Crippen molar-refractivity contribution in [2.75, 3.05) is 38.0 Å². The molecule has 4 heteroatoms. The molecule has 1 amide bonds. The fourth-order valence-corrected chi connectivity index (χ4v) is 3.82. The summed E-state index contributed by atoms with van der Waals surface area (Å²) in [6.45, 7) is 11.7. The fraction of sp³-hybridized carbons (Fsp3) is 0.650. The molecule has 1 aromatic rings. The van der Waals surface area contributed by atoms with E-state index in [1.54, 1.807) is 0 Å². The number of anilines is 1. The Kier molecular flexibility index (Phi) is 5.26. The van der Waals surface area contributed by atoms with Crippen LogP contribution < -0.4 is 5.32 Å². The van der Waals surface area contributed by atoms with Crippen molar-refractivity contribution in [3.63, 3.8) is 0 Å². The van der Waals surface area contributed by atoms with E-state index in [4.69, 9.17) is 0 Å². The molecular weight excluding hydrogens is 298 g/mol. The summed E-state index contributed by atoms with van der Waals surface area (Å²) in [4.78, 5) is 17.2. The number of nitrogens with one attached hydrogen (secondary N) is 1.